The highest BCUT2D eigenvalue weighted by atomic mass is 19.1. The second kappa shape index (κ2) is 5.65. The van der Waals surface area contributed by atoms with Crippen molar-refractivity contribution < 1.29 is 23.8 Å². The van der Waals surface area contributed by atoms with Crippen LogP contribution in [0.25, 0.3) is 10.9 Å². The lowest BCUT2D eigenvalue weighted by molar-refractivity contribution is -0.155. The molecule has 0 fully saturated rings. The Morgan fingerprint density at radius 1 is 1.61 bits per heavy atom. The molecule has 0 spiro atoms. The van der Waals surface area contributed by atoms with Gasteiger partial charge < -0.3 is 19.6 Å². The Bertz CT molecular complexity index is 824. The molecule has 0 bridgehead atoms. The number of H-pyrrole nitrogens is 1. The van der Waals surface area contributed by atoms with Gasteiger partial charge in [0.15, 0.2) is 0 Å². The molecule has 1 unspecified atom stereocenters. The lowest BCUT2D eigenvalue weighted by Gasteiger charge is -2.35. The highest BCUT2D eigenvalue weighted by Gasteiger charge is 2.43. The van der Waals surface area contributed by atoms with E-state index < -0.39 is 17.4 Å². The minimum atomic E-state index is -1.22. The summed E-state index contributed by atoms with van der Waals surface area (Å²) in [5, 5.41) is 19.0. The van der Waals surface area contributed by atoms with Gasteiger partial charge in [-0.05, 0) is 24.1 Å². The molecule has 1 aliphatic heterocycles. The summed E-state index contributed by atoms with van der Waals surface area (Å²) in [6, 6.07) is 4.71. The van der Waals surface area contributed by atoms with E-state index in [9.17, 15) is 19.6 Å². The van der Waals surface area contributed by atoms with E-state index in [1.54, 1.807) is 0 Å². The first-order valence-corrected chi connectivity index (χ1v) is 7.10. The van der Waals surface area contributed by atoms with Gasteiger partial charge in [0, 0.05) is 12.5 Å². The van der Waals surface area contributed by atoms with E-state index in [4.69, 9.17) is 9.47 Å². The van der Waals surface area contributed by atoms with Crippen LogP contribution in [0, 0.1) is 17.1 Å². The fourth-order valence-corrected chi connectivity index (χ4v) is 3.27. The molecule has 2 aromatic rings. The molecule has 2 N–H and O–H groups in total. The molecule has 0 aliphatic carbocycles. The lowest BCUT2D eigenvalue weighted by Crippen LogP contribution is -2.41. The number of aromatic amines is 1. The van der Waals surface area contributed by atoms with Crippen molar-refractivity contribution in [1.29, 1.82) is 5.26 Å². The standard InChI is InChI=1S/C16H15FN2O4/c1-22-8-16(6-12(20)21)15-10(4-5-23-16)13-9(7-18)2-3-11(17)14(13)19-15/h2-3,19H,4-6,8H2,1H3,(H,20,21). The van der Waals surface area contributed by atoms with Gasteiger partial charge in [0.1, 0.15) is 11.4 Å². The van der Waals surface area contributed by atoms with Crippen molar-refractivity contribution in [2.75, 3.05) is 20.3 Å². The third-order valence-corrected chi connectivity index (χ3v) is 4.13. The predicted octanol–water partition coefficient (Wildman–Crippen LogP) is 2.07. The number of halogens is 1. The highest BCUT2D eigenvalue weighted by Crippen LogP contribution is 2.41. The Balaban J connectivity index is 2.30. The normalized spacial score (nSPS) is 20.2. The highest BCUT2D eigenvalue weighted by molar-refractivity contribution is 5.91. The van der Waals surface area contributed by atoms with Crippen LogP contribution in [0.4, 0.5) is 4.39 Å². The molecular formula is C16H15FN2O4. The molecule has 7 heteroatoms. The largest absolute Gasteiger partial charge is 0.481 e. The Morgan fingerprint density at radius 3 is 3.04 bits per heavy atom. The molecule has 6 nitrogen and oxygen atoms in total. The molecule has 0 saturated carbocycles. The van der Waals surface area contributed by atoms with Crippen molar-refractivity contribution in [1.82, 2.24) is 4.98 Å². The number of methoxy groups -OCH3 is 1. The molecule has 120 valence electrons. The number of carbonyl (C=O) groups is 1. The number of hydrogen-bond acceptors (Lipinski definition) is 4. The molecule has 0 saturated heterocycles. The maximum Gasteiger partial charge on any atom is 0.306 e. The number of hydrogen-bond donors (Lipinski definition) is 2. The summed E-state index contributed by atoms with van der Waals surface area (Å²) in [7, 11) is 1.45. The number of nitrogens with one attached hydrogen (secondary N) is 1. The molecular weight excluding hydrogens is 303 g/mol. The van der Waals surface area contributed by atoms with Gasteiger partial charge in [0.05, 0.1) is 42.5 Å². The minimum Gasteiger partial charge on any atom is -0.481 e. The molecule has 1 aromatic carbocycles. The van der Waals surface area contributed by atoms with Crippen LogP contribution in [0.1, 0.15) is 23.2 Å². The third kappa shape index (κ3) is 2.36. The number of benzene rings is 1. The monoisotopic (exact) mass is 318 g/mol. The van der Waals surface area contributed by atoms with Gasteiger partial charge in [-0.25, -0.2) is 4.39 Å². The van der Waals surface area contributed by atoms with Gasteiger partial charge in [-0.1, -0.05) is 0 Å². The molecule has 0 radical (unpaired) electrons. The Hall–Kier alpha value is -2.43. The number of aromatic nitrogens is 1. The summed E-state index contributed by atoms with van der Waals surface area (Å²) in [5.41, 5.74) is 0.532. The number of fused-ring (bicyclic) bond motifs is 3. The van der Waals surface area contributed by atoms with Crippen molar-refractivity contribution in [3.05, 3.63) is 34.8 Å². The maximum atomic E-state index is 14.2. The van der Waals surface area contributed by atoms with Crippen molar-refractivity contribution in [3.8, 4) is 6.07 Å². The van der Waals surface area contributed by atoms with Gasteiger partial charge in [0.2, 0.25) is 0 Å². The third-order valence-electron chi connectivity index (χ3n) is 4.13. The zero-order valence-corrected chi connectivity index (χ0v) is 12.5. The zero-order chi connectivity index (χ0) is 16.6. The van der Waals surface area contributed by atoms with E-state index in [0.29, 0.717) is 23.1 Å². The lowest BCUT2D eigenvalue weighted by atomic mass is 9.88. The van der Waals surface area contributed by atoms with Gasteiger partial charge >= 0.3 is 5.97 Å². The van der Waals surface area contributed by atoms with Crippen molar-refractivity contribution in [2.45, 2.75) is 18.4 Å². The van der Waals surface area contributed by atoms with Gasteiger partial charge in [-0.3, -0.25) is 4.79 Å². The average molecular weight is 318 g/mol. The fourth-order valence-electron chi connectivity index (χ4n) is 3.27. The SMILES string of the molecule is COCC1(CC(=O)O)OCCc2c1[nH]c1c(F)ccc(C#N)c21. The van der Waals surface area contributed by atoms with Crippen LogP contribution in [0.2, 0.25) is 0 Å². The van der Waals surface area contributed by atoms with Crippen molar-refractivity contribution >= 4 is 16.9 Å². The molecule has 1 aromatic heterocycles. The van der Waals surface area contributed by atoms with E-state index in [-0.39, 0.29) is 25.2 Å². The van der Waals surface area contributed by atoms with Crippen molar-refractivity contribution in [3.63, 3.8) is 0 Å². The average Bonchev–Trinajstić information content (AvgIpc) is 2.90. The number of rotatable bonds is 4. The second-order valence-corrected chi connectivity index (χ2v) is 5.53. The summed E-state index contributed by atoms with van der Waals surface area (Å²) in [6.45, 7) is 0.292. The van der Waals surface area contributed by atoms with E-state index >= 15 is 0 Å². The van der Waals surface area contributed by atoms with Crippen molar-refractivity contribution in [2.24, 2.45) is 0 Å². The smallest absolute Gasteiger partial charge is 0.306 e. The summed E-state index contributed by atoms with van der Waals surface area (Å²) >= 11 is 0. The van der Waals surface area contributed by atoms with Crippen LogP contribution < -0.4 is 0 Å². The zero-order valence-electron chi connectivity index (χ0n) is 12.5. The van der Waals surface area contributed by atoms with Crippen LogP contribution in [0.3, 0.4) is 0 Å². The van der Waals surface area contributed by atoms with Crippen LogP contribution in [-0.4, -0.2) is 36.4 Å². The topological polar surface area (TPSA) is 95.3 Å². The Kier molecular flexibility index (Phi) is 3.80. The van der Waals surface area contributed by atoms with Crippen LogP contribution >= 0.6 is 0 Å². The van der Waals surface area contributed by atoms with E-state index in [1.807, 2.05) is 0 Å². The van der Waals surface area contributed by atoms with E-state index in [0.717, 1.165) is 5.56 Å². The fraction of sp³-hybridized carbons (Fsp3) is 0.375. The first-order chi connectivity index (χ1) is 11.0. The number of ether oxygens (including phenoxy) is 2. The maximum absolute atomic E-state index is 14.2. The molecule has 23 heavy (non-hydrogen) atoms. The van der Waals surface area contributed by atoms with Gasteiger partial charge in [-0.2, -0.15) is 5.26 Å². The molecule has 0 amide bonds. The second-order valence-electron chi connectivity index (χ2n) is 5.53. The molecule has 1 atom stereocenters. The quantitative estimate of drug-likeness (QED) is 0.900. The molecule has 2 heterocycles. The number of carboxylic acid groups (broad SMARTS) is 1. The molecule has 3 rings (SSSR count). The summed E-state index contributed by atoms with van der Waals surface area (Å²) in [6.07, 6.45) is 0.155. The summed E-state index contributed by atoms with van der Waals surface area (Å²) in [5.74, 6) is -1.54. The van der Waals surface area contributed by atoms with Gasteiger partial charge in [-0.15, -0.1) is 0 Å². The minimum absolute atomic E-state index is 0.0165. The van der Waals surface area contributed by atoms with E-state index in [2.05, 4.69) is 11.1 Å². The van der Waals surface area contributed by atoms with E-state index in [1.165, 1.54) is 19.2 Å². The number of nitrogens with zero attached hydrogens (tertiary/aromatic N) is 1. The summed E-state index contributed by atoms with van der Waals surface area (Å²) < 4.78 is 25.1. The number of carboxylic acids is 1. The summed E-state index contributed by atoms with van der Waals surface area (Å²) in [4.78, 5) is 14.2. The molecule has 1 aliphatic rings. The van der Waals surface area contributed by atoms with Crippen LogP contribution in [-0.2, 0) is 26.3 Å². The first-order valence-electron chi connectivity index (χ1n) is 7.10. The first kappa shape index (κ1) is 15.5. The number of nitriles is 1. The van der Waals surface area contributed by atoms with Crippen LogP contribution in [0.5, 0.6) is 0 Å². The predicted molar refractivity (Wildman–Crippen MR) is 78.4 cm³/mol. The van der Waals surface area contributed by atoms with Gasteiger partial charge in [0.25, 0.3) is 0 Å². The Morgan fingerprint density at radius 2 is 2.39 bits per heavy atom. The number of aliphatic carboxylic acids is 1. The van der Waals surface area contributed by atoms with Crippen LogP contribution in [0.15, 0.2) is 12.1 Å². The Labute approximate surface area is 131 Å².